The number of ether oxygens (including phenoxy) is 1. The quantitative estimate of drug-likeness (QED) is 0.514. The van der Waals surface area contributed by atoms with Crippen LogP contribution in [0.3, 0.4) is 0 Å². The lowest BCUT2D eigenvalue weighted by molar-refractivity contribution is 0.0952. The van der Waals surface area contributed by atoms with E-state index in [2.05, 4.69) is 36.4 Å². The third-order valence-electron chi connectivity index (χ3n) is 3.87. The summed E-state index contributed by atoms with van der Waals surface area (Å²) in [5, 5.41) is 6.78. The van der Waals surface area contributed by atoms with Gasteiger partial charge in [-0.25, -0.2) is 4.98 Å². The minimum Gasteiger partial charge on any atom is -0.439 e. The highest BCUT2D eigenvalue weighted by Crippen LogP contribution is 2.22. The fraction of sp³-hybridized carbons (Fsp3) is 0.300. The number of aryl methyl sites for hydroxylation is 1. The first kappa shape index (κ1) is 20.0. The number of nitrogens with zero attached hydrogens (tertiary/aromatic N) is 3. The van der Waals surface area contributed by atoms with E-state index in [0.717, 1.165) is 4.47 Å². The van der Waals surface area contributed by atoms with Gasteiger partial charge in [-0.3, -0.25) is 4.79 Å². The predicted molar refractivity (Wildman–Crippen MR) is 107 cm³/mol. The van der Waals surface area contributed by atoms with Crippen molar-refractivity contribution in [2.24, 2.45) is 0 Å². The number of benzene rings is 1. The van der Waals surface area contributed by atoms with Crippen molar-refractivity contribution in [3.63, 3.8) is 0 Å². The van der Waals surface area contributed by atoms with Gasteiger partial charge in [-0.15, -0.1) is 0 Å². The Morgan fingerprint density at radius 2 is 2.14 bits per heavy atom. The molecule has 1 aromatic carbocycles. The van der Waals surface area contributed by atoms with Gasteiger partial charge in [-0.05, 0) is 30.7 Å². The molecule has 0 aliphatic carbocycles. The topological polar surface area (TPSA) is 90.1 Å². The number of nitrogens with one attached hydrogen (secondary N) is 1. The van der Waals surface area contributed by atoms with Crippen LogP contribution in [0, 0.1) is 0 Å². The number of carbonyl (C=O) groups excluding carboxylic acids is 1. The second kappa shape index (κ2) is 9.45. The van der Waals surface area contributed by atoms with E-state index in [1.807, 2.05) is 38.1 Å². The lowest BCUT2D eigenvalue weighted by Gasteiger charge is -2.07. The van der Waals surface area contributed by atoms with Gasteiger partial charge in [-0.1, -0.05) is 41.0 Å². The zero-order valence-corrected chi connectivity index (χ0v) is 17.3. The summed E-state index contributed by atoms with van der Waals surface area (Å²) in [5.74, 6) is 2.44. The second-order valence-corrected chi connectivity index (χ2v) is 7.42. The number of rotatable bonds is 8. The number of aromatic nitrogens is 3. The van der Waals surface area contributed by atoms with E-state index in [0.29, 0.717) is 48.3 Å². The number of halogens is 1. The minimum atomic E-state index is -0.185. The van der Waals surface area contributed by atoms with E-state index in [-0.39, 0.29) is 11.8 Å². The Labute approximate surface area is 171 Å². The van der Waals surface area contributed by atoms with Crippen LogP contribution in [0.4, 0.5) is 0 Å². The van der Waals surface area contributed by atoms with Crippen LogP contribution in [0.15, 0.2) is 51.6 Å². The Kier molecular flexibility index (Phi) is 6.76. The van der Waals surface area contributed by atoms with Gasteiger partial charge in [0.05, 0.1) is 5.56 Å². The summed E-state index contributed by atoms with van der Waals surface area (Å²) in [6.07, 6.45) is 2.83. The molecule has 0 bridgehead atoms. The molecule has 7 nitrogen and oxygen atoms in total. The molecular formula is C20H21BrN4O3. The summed E-state index contributed by atoms with van der Waals surface area (Å²) in [7, 11) is 0. The second-order valence-electron chi connectivity index (χ2n) is 6.51. The third kappa shape index (κ3) is 5.63. The molecule has 146 valence electrons. The maximum Gasteiger partial charge on any atom is 0.252 e. The molecular weight excluding hydrogens is 424 g/mol. The maximum absolute atomic E-state index is 12.2. The van der Waals surface area contributed by atoms with E-state index < -0.39 is 0 Å². The van der Waals surface area contributed by atoms with E-state index in [4.69, 9.17) is 9.26 Å². The monoisotopic (exact) mass is 444 g/mol. The molecule has 0 atom stereocenters. The van der Waals surface area contributed by atoms with Crippen LogP contribution in [0.2, 0.25) is 0 Å². The molecule has 0 aliphatic rings. The summed E-state index contributed by atoms with van der Waals surface area (Å²) < 4.78 is 11.8. The minimum absolute atomic E-state index is 0.185. The standard InChI is InChI=1S/C20H21BrN4O3/c1-13(2)19-24-18(28-25-19)7-4-10-22-20(26)14-8-9-17(23-12-14)27-16-6-3-5-15(21)11-16/h3,5-6,8-9,11-13H,4,7,10H2,1-2H3,(H,22,26). The number of carbonyl (C=O) groups is 1. The van der Waals surface area contributed by atoms with Gasteiger partial charge in [0.1, 0.15) is 5.75 Å². The normalized spacial score (nSPS) is 10.9. The van der Waals surface area contributed by atoms with Crippen LogP contribution in [0.1, 0.15) is 48.3 Å². The zero-order chi connectivity index (χ0) is 19.9. The Hall–Kier alpha value is -2.74. The molecule has 0 saturated heterocycles. The van der Waals surface area contributed by atoms with Crippen molar-refractivity contribution in [2.45, 2.75) is 32.6 Å². The molecule has 3 aromatic rings. The van der Waals surface area contributed by atoms with Gasteiger partial charge >= 0.3 is 0 Å². The number of pyridine rings is 1. The van der Waals surface area contributed by atoms with Crippen LogP contribution < -0.4 is 10.1 Å². The van der Waals surface area contributed by atoms with Crippen LogP contribution in [-0.4, -0.2) is 27.6 Å². The summed E-state index contributed by atoms with van der Waals surface area (Å²) in [5.41, 5.74) is 0.474. The van der Waals surface area contributed by atoms with Crippen molar-refractivity contribution < 1.29 is 14.1 Å². The van der Waals surface area contributed by atoms with Gasteiger partial charge in [0.15, 0.2) is 5.82 Å². The van der Waals surface area contributed by atoms with Gasteiger partial charge in [0.25, 0.3) is 5.91 Å². The van der Waals surface area contributed by atoms with Crippen molar-refractivity contribution >= 4 is 21.8 Å². The number of amides is 1. The summed E-state index contributed by atoms with van der Waals surface area (Å²) >= 11 is 3.39. The lowest BCUT2D eigenvalue weighted by Crippen LogP contribution is -2.24. The molecule has 2 aromatic heterocycles. The van der Waals surface area contributed by atoms with E-state index in [1.165, 1.54) is 6.20 Å². The van der Waals surface area contributed by atoms with Crippen molar-refractivity contribution in [1.82, 2.24) is 20.4 Å². The molecule has 28 heavy (non-hydrogen) atoms. The van der Waals surface area contributed by atoms with E-state index in [1.54, 1.807) is 12.1 Å². The van der Waals surface area contributed by atoms with E-state index in [9.17, 15) is 4.79 Å². The van der Waals surface area contributed by atoms with Gasteiger partial charge in [-0.2, -0.15) is 4.98 Å². The molecule has 0 fully saturated rings. The average Bonchev–Trinajstić information content (AvgIpc) is 3.15. The van der Waals surface area contributed by atoms with E-state index >= 15 is 0 Å². The predicted octanol–water partition coefficient (Wildman–Crippen LogP) is 4.51. The van der Waals surface area contributed by atoms with Gasteiger partial charge < -0.3 is 14.6 Å². The fourth-order valence-corrected chi connectivity index (χ4v) is 2.75. The first-order chi connectivity index (χ1) is 13.5. The van der Waals surface area contributed by atoms with Gasteiger partial charge in [0, 0.05) is 35.6 Å². The molecule has 0 saturated carbocycles. The van der Waals surface area contributed by atoms with Crippen LogP contribution in [0.25, 0.3) is 0 Å². The molecule has 0 spiro atoms. The van der Waals surface area contributed by atoms with Crippen molar-refractivity contribution in [2.75, 3.05) is 6.54 Å². The highest BCUT2D eigenvalue weighted by Gasteiger charge is 2.10. The lowest BCUT2D eigenvalue weighted by atomic mass is 10.2. The molecule has 1 N–H and O–H groups in total. The maximum atomic E-state index is 12.2. The number of hydrogen-bond acceptors (Lipinski definition) is 6. The Bertz CT molecular complexity index is 925. The zero-order valence-electron chi connectivity index (χ0n) is 15.7. The molecule has 1 amide bonds. The SMILES string of the molecule is CC(C)c1noc(CCCNC(=O)c2ccc(Oc3cccc(Br)c3)nc2)n1. The summed E-state index contributed by atoms with van der Waals surface area (Å²) in [6, 6.07) is 10.8. The smallest absolute Gasteiger partial charge is 0.252 e. The highest BCUT2D eigenvalue weighted by atomic mass is 79.9. The Morgan fingerprint density at radius 1 is 1.29 bits per heavy atom. The average molecular weight is 445 g/mol. The number of hydrogen-bond donors (Lipinski definition) is 1. The largest absolute Gasteiger partial charge is 0.439 e. The first-order valence-electron chi connectivity index (χ1n) is 9.01. The molecule has 2 heterocycles. The summed E-state index contributed by atoms with van der Waals surface area (Å²) in [4.78, 5) is 20.7. The molecule has 0 unspecified atom stereocenters. The Morgan fingerprint density at radius 3 is 2.82 bits per heavy atom. The Balaban J connectivity index is 1.45. The summed E-state index contributed by atoms with van der Waals surface area (Å²) in [6.45, 7) is 4.53. The van der Waals surface area contributed by atoms with Gasteiger partial charge in [0.2, 0.25) is 11.8 Å². The molecule has 0 aliphatic heterocycles. The molecule has 8 heteroatoms. The molecule has 3 rings (SSSR count). The van der Waals surface area contributed by atoms with Crippen LogP contribution >= 0.6 is 15.9 Å². The molecule has 0 radical (unpaired) electrons. The highest BCUT2D eigenvalue weighted by molar-refractivity contribution is 9.10. The third-order valence-corrected chi connectivity index (χ3v) is 4.36. The van der Waals surface area contributed by atoms with Crippen LogP contribution in [0.5, 0.6) is 11.6 Å². The fourth-order valence-electron chi connectivity index (χ4n) is 2.37. The first-order valence-corrected chi connectivity index (χ1v) is 9.80. The van der Waals surface area contributed by atoms with Crippen molar-refractivity contribution in [1.29, 1.82) is 0 Å². The van der Waals surface area contributed by atoms with Crippen molar-refractivity contribution in [3.8, 4) is 11.6 Å². The van der Waals surface area contributed by atoms with Crippen LogP contribution in [-0.2, 0) is 6.42 Å². The van der Waals surface area contributed by atoms with Crippen molar-refractivity contribution in [3.05, 3.63) is 64.3 Å².